The molecule has 0 fully saturated rings. The molecule has 1 aromatic rings. The summed E-state index contributed by atoms with van der Waals surface area (Å²) < 4.78 is 0. The molecule has 2 amide bonds. The minimum Gasteiger partial charge on any atom is -0.481 e. The molecule has 0 spiro atoms. The van der Waals surface area contributed by atoms with E-state index >= 15 is 0 Å². The molecule has 0 saturated heterocycles. The SMILES string of the molecule is C=CCN(C(=O)[C@@H](N)CC(Cc1ccccc1)C(=O)O)[C@@H](CCC(=O)NO)C(=O)O. The third-order valence-corrected chi connectivity index (χ3v) is 4.57. The summed E-state index contributed by atoms with van der Waals surface area (Å²) in [6, 6.07) is 6.21. The van der Waals surface area contributed by atoms with Gasteiger partial charge in [-0.3, -0.25) is 19.6 Å². The lowest BCUT2D eigenvalue weighted by Crippen LogP contribution is -2.52. The standard InChI is InChI=1S/C20H27N3O7/c1-2-10-23(16(20(28)29)8-9-17(24)22-30)18(25)15(21)12-14(19(26)27)11-13-6-4-3-5-7-13/h2-7,14-16,30H,1,8-12,21H2,(H,22,24)(H,26,27)(H,28,29)/t14?,15-,16-/m0/s1. The first-order chi connectivity index (χ1) is 14.2. The summed E-state index contributed by atoms with van der Waals surface area (Å²) in [7, 11) is 0. The molecule has 10 heteroatoms. The third-order valence-electron chi connectivity index (χ3n) is 4.57. The molecule has 1 aromatic carbocycles. The van der Waals surface area contributed by atoms with Crippen LogP contribution in [0.1, 0.15) is 24.8 Å². The molecule has 1 rings (SSSR count). The zero-order valence-electron chi connectivity index (χ0n) is 16.4. The molecule has 1 unspecified atom stereocenters. The van der Waals surface area contributed by atoms with Crippen LogP contribution in [0.25, 0.3) is 0 Å². The number of hydrogen-bond acceptors (Lipinski definition) is 6. The smallest absolute Gasteiger partial charge is 0.326 e. The van der Waals surface area contributed by atoms with Gasteiger partial charge in [0.25, 0.3) is 0 Å². The maximum atomic E-state index is 12.9. The first kappa shape index (κ1) is 24.8. The molecular formula is C20H27N3O7. The Hall–Kier alpha value is -3.24. The normalized spacial score (nSPS) is 13.5. The molecule has 0 aromatic heterocycles. The van der Waals surface area contributed by atoms with Crippen LogP contribution in [0, 0.1) is 5.92 Å². The Morgan fingerprint density at radius 3 is 2.27 bits per heavy atom. The number of benzene rings is 1. The van der Waals surface area contributed by atoms with Gasteiger partial charge in [0.05, 0.1) is 12.0 Å². The molecule has 6 N–H and O–H groups in total. The van der Waals surface area contributed by atoms with Crippen molar-refractivity contribution in [1.29, 1.82) is 0 Å². The Kier molecular flexibility index (Phi) is 10.2. The third kappa shape index (κ3) is 7.64. The highest BCUT2D eigenvalue weighted by Crippen LogP contribution is 2.17. The molecule has 0 aliphatic heterocycles. The number of hydroxylamine groups is 1. The van der Waals surface area contributed by atoms with Crippen molar-refractivity contribution in [2.75, 3.05) is 6.54 Å². The minimum absolute atomic E-state index is 0.152. The number of aliphatic carboxylic acids is 2. The molecule has 10 nitrogen and oxygen atoms in total. The maximum absolute atomic E-state index is 12.9. The van der Waals surface area contributed by atoms with E-state index in [0.717, 1.165) is 10.5 Å². The van der Waals surface area contributed by atoms with Gasteiger partial charge < -0.3 is 20.8 Å². The Labute approximate surface area is 173 Å². The summed E-state index contributed by atoms with van der Waals surface area (Å²) in [5, 5.41) is 27.6. The van der Waals surface area contributed by atoms with Crippen LogP contribution in [-0.4, -0.2) is 62.7 Å². The molecule has 0 aliphatic carbocycles. The molecular weight excluding hydrogens is 394 g/mol. The number of carbonyl (C=O) groups is 4. The zero-order valence-corrected chi connectivity index (χ0v) is 16.4. The van der Waals surface area contributed by atoms with Crippen molar-refractivity contribution in [2.24, 2.45) is 11.7 Å². The number of nitrogens with one attached hydrogen (secondary N) is 1. The summed E-state index contributed by atoms with van der Waals surface area (Å²) in [5.41, 5.74) is 8.13. The first-order valence-electron chi connectivity index (χ1n) is 9.30. The summed E-state index contributed by atoms with van der Waals surface area (Å²) in [6.07, 6.45) is 0.679. The minimum atomic E-state index is -1.39. The van der Waals surface area contributed by atoms with Gasteiger partial charge in [-0.05, 0) is 24.8 Å². The van der Waals surface area contributed by atoms with Crippen molar-refractivity contribution >= 4 is 23.8 Å². The van der Waals surface area contributed by atoms with Gasteiger partial charge in [0.2, 0.25) is 11.8 Å². The summed E-state index contributed by atoms with van der Waals surface area (Å²) >= 11 is 0. The molecule has 30 heavy (non-hydrogen) atoms. The van der Waals surface area contributed by atoms with Crippen LogP contribution in [0.2, 0.25) is 0 Å². The quantitative estimate of drug-likeness (QED) is 0.173. The van der Waals surface area contributed by atoms with Crippen LogP contribution in [0.15, 0.2) is 43.0 Å². The van der Waals surface area contributed by atoms with Crippen LogP contribution < -0.4 is 11.2 Å². The van der Waals surface area contributed by atoms with Crippen molar-refractivity contribution in [3.63, 3.8) is 0 Å². The fourth-order valence-electron chi connectivity index (χ4n) is 3.04. The van der Waals surface area contributed by atoms with Crippen molar-refractivity contribution in [3.8, 4) is 0 Å². The van der Waals surface area contributed by atoms with Gasteiger partial charge in [0.1, 0.15) is 6.04 Å². The average molecular weight is 421 g/mol. The van der Waals surface area contributed by atoms with Crippen molar-refractivity contribution in [3.05, 3.63) is 48.6 Å². The van der Waals surface area contributed by atoms with Gasteiger partial charge in [-0.15, -0.1) is 6.58 Å². The second-order valence-corrected chi connectivity index (χ2v) is 6.77. The number of carboxylic acid groups (broad SMARTS) is 2. The fraction of sp³-hybridized carbons (Fsp3) is 0.400. The predicted octanol–water partition coefficient (Wildman–Crippen LogP) is 0.401. The molecule has 164 valence electrons. The number of rotatable bonds is 13. The molecule has 0 radical (unpaired) electrons. The van der Waals surface area contributed by atoms with E-state index in [2.05, 4.69) is 6.58 Å². The number of carboxylic acids is 2. The van der Waals surface area contributed by atoms with Gasteiger partial charge in [-0.1, -0.05) is 36.4 Å². The largest absolute Gasteiger partial charge is 0.481 e. The lowest BCUT2D eigenvalue weighted by atomic mass is 9.92. The second-order valence-electron chi connectivity index (χ2n) is 6.77. The van der Waals surface area contributed by atoms with E-state index in [4.69, 9.17) is 10.9 Å². The lowest BCUT2D eigenvalue weighted by Gasteiger charge is -2.31. The highest BCUT2D eigenvalue weighted by atomic mass is 16.5. The van der Waals surface area contributed by atoms with Gasteiger partial charge in [0.15, 0.2) is 0 Å². The van der Waals surface area contributed by atoms with Crippen molar-refractivity contribution in [2.45, 2.75) is 37.8 Å². The van der Waals surface area contributed by atoms with Crippen LogP contribution in [-0.2, 0) is 25.6 Å². The van der Waals surface area contributed by atoms with E-state index in [1.54, 1.807) is 30.3 Å². The van der Waals surface area contributed by atoms with Crippen LogP contribution in [0.5, 0.6) is 0 Å². The molecule has 0 aliphatic rings. The summed E-state index contributed by atoms with van der Waals surface area (Å²) in [5.74, 6) is -4.98. The molecule has 0 bridgehead atoms. The van der Waals surface area contributed by atoms with Crippen LogP contribution in [0.3, 0.4) is 0 Å². The fourth-order valence-corrected chi connectivity index (χ4v) is 3.04. The summed E-state index contributed by atoms with van der Waals surface area (Å²) in [4.78, 5) is 48.4. The Morgan fingerprint density at radius 2 is 1.77 bits per heavy atom. The molecule has 0 heterocycles. The zero-order chi connectivity index (χ0) is 22.7. The molecule has 3 atom stereocenters. The lowest BCUT2D eigenvalue weighted by molar-refractivity contribution is -0.151. The van der Waals surface area contributed by atoms with E-state index in [0.29, 0.717) is 0 Å². The van der Waals surface area contributed by atoms with Crippen LogP contribution >= 0.6 is 0 Å². The maximum Gasteiger partial charge on any atom is 0.326 e. The van der Waals surface area contributed by atoms with E-state index < -0.39 is 41.8 Å². The van der Waals surface area contributed by atoms with Gasteiger partial charge in [0, 0.05) is 13.0 Å². The number of nitrogens with two attached hydrogens (primary N) is 1. The van der Waals surface area contributed by atoms with E-state index in [9.17, 15) is 29.4 Å². The topological polar surface area (TPSA) is 170 Å². The van der Waals surface area contributed by atoms with Gasteiger partial charge >= 0.3 is 11.9 Å². The van der Waals surface area contributed by atoms with Gasteiger partial charge in [-0.25, -0.2) is 10.3 Å². The van der Waals surface area contributed by atoms with E-state index in [-0.39, 0.29) is 32.2 Å². The molecule has 0 saturated carbocycles. The van der Waals surface area contributed by atoms with Crippen molar-refractivity contribution < 1.29 is 34.6 Å². The Morgan fingerprint density at radius 1 is 1.13 bits per heavy atom. The second kappa shape index (κ2) is 12.3. The monoisotopic (exact) mass is 421 g/mol. The first-order valence-corrected chi connectivity index (χ1v) is 9.30. The Balaban J connectivity index is 2.95. The number of amides is 2. The van der Waals surface area contributed by atoms with Gasteiger partial charge in [-0.2, -0.15) is 0 Å². The predicted molar refractivity (Wildman–Crippen MR) is 106 cm³/mol. The Bertz CT molecular complexity index is 754. The van der Waals surface area contributed by atoms with E-state index in [1.807, 2.05) is 0 Å². The summed E-state index contributed by atoms with van der Waals surface area (Å²) in [6.45, 7) is 3.35. The van der Waals surface area contributed by atoms with Crippen molar-refractivity contribution in [1.82, 2.24) is 10.4 Å². The highest BCUT2D eigenvalue weighted by Gasteiger charge is 2.34. The highest BCUT2D eigenvalue weighted by molar-refractivity contribution is 5.88. The number of nitrogens with zero attached hydrogens (tertiary/aromatic N) is 1. The van der Waals surface area contributed by atoms with Crippen LogP contribution in [0.4, 0.5) is 0 Å². The number of hydrogen-bond donors (Lipinski definition) is 5. The van der Waals surface area contributed by atoms with E-state index in [1.165, 1.54) is 11.6 Å². The average Bonchev–Trinajstić information content (AvgIpc) is 2.72. The number of carbonyl (C=O) groups excluding carboxylic acids is 2.